The van der Waals surface area contributed by atoms with Gasteiger partial charge in [0.05, 0.1) is 5.69 Å². The first kappa shape index (κ1) is 19.4. The van der Waals surface area contributed by atoms with Crippen LogP contribution in [0, 0.1) is 0 Å². The topological polar surface area (TPSA) is 38.3 Å². The second kappa shape index (κ2) is 8.43. The van der Waals surface area contributed by atoms with E-state index in [-0.39, 0.29) is 11.3 Å². The van der Waals surface area contributed by atoms with Gasteiger partial charge in [-0.1, -0.05) is 52.0 Å². The maximum absolute atomic E-state index is 12.6. The average molecular weight is 358 g/mol. The smallest absolute Gasteiger partial charge is 0.265 e. The van der Waals surface area contributed by atoms with Crippen LogP contribution < -0.4 is 10.1 Å². The van der Waals surface area contributed by atoms with E-state index in [1.165, 1.54) is 5.56 Å². The molecule has 1 amide bonds. The van der Waals surface area contributed by atoms with E-state index in [0.29, 0.717) is 12.2 Å². The first-order chi connectivity index (χ1) is 11.8. The van der Waals surface area contributed by atoms with Gasteiger partial charge in [0.25, 0.3) is 5.91 Å². The highest BCUT2D eigenvalue weighted by Crippen LogP contribution is 2.26. The first-order valence-electron chi connectivity index (χ1n) is 8.56. The molecular weight excluding hydrogens is 330 g/mol. The number of amides is 1. The fourth-order valence-corrected chi connectivity index (χ4v) is 3.03. The van der Waals surface area contributed by atoms with E-state index >= 15 is 0 Å². The lowest BCUT2D eigenvalue weighted by Crippen LogP contribution is -2.32. The number of carbonyl (C=O) groups excluding carboxylic acids is 1. The molecule has 2 rings (SSSR count). The Labute approximate surface area is 155 Å². The second-order valence-corrected chi connectivity index (χ2v) is 7.83. The quantitative estimate of drug-likeness (QED) is 0.694. The molecule has 0 aromatic heterocycles. The minimum Gasteiger partial charge on any atom is -0.481 e. The van der Waals surface area contributed by atoms with Crippen molar-refractivity contribution in [3.63, 3.8) is 0 Å². The van der Waals surface area contributed by atoms with E-state index in [1.807, 2.05) is 49.6 Å². The number of nitrogens with one attached hydrogen (secondary N) is 1. The van der Waals surface area contributed by atoms with E-state index in [2.05, 4.69) is 38.2 Å². The zero-order valence-electron chi connectivity index (χ0n) is 15.6. The van der Waals surface area contributed by atoms with Crippen molar-refractivity contribution in [2.45, 2.75) is 50.5 Å². The Morgan fingerprint density at radius 1 is 1.12 bits per heavy atom. The number of benzene rings is 2. The Balaban J connectivity index is 2.07. The molecule has 0 heterocycles. The summed E-state index contributed by atoms with van der Waals surface area (Å²) in [5.74, 6) is 0.594. The first-order valence-corrected chi connectivity index (χ1v) is 9.78. The average Bonchev–Trinajstić information content (AvgIpc) is 2.59. The van der Waals surface area contributed by atoms with Gasteiger partial charge in [0.2, 0.25) is 0 Å². The van der Waals surface area contributed by atoms with Gasteiger partial charge < -0.3 is 10.1 Å². The van der Waals surface area contributed by atoms with E-state index in [0.717, 1.165) is 10.6 Å². The maximum Gasteiger partial charge on any atom is 0.265 e. The lowest BCUT2D eigenvalue weighted by Gasteiger charge is -2.21. The minimum atomic E-state index is -0.518. The predicted molar refractivity (Wildman–Crippen MR) is 107 cm³/mol. The predicted octanol–water partition coefficient (Wildman–Crippen LogP) is 5.50. The molecule has 1 N–H and O–H groups in total. The van der Waals surface area contributed by atoms with Crippen LogP contribution in [-0.2, 0) is 10.2 Å². The van der Waals surface area contributed by atoms with Gasteiger partial charge in [0.1, 0.15) is 5.75 Å². The molecule has 0 aliphatic carbocycles. The van der Waals surface area contributed by atoms with Crippen LogP contribution >= 0.6 is 11.8 Å². The van der Waals surface area contributed by atoms with Gasteiger partial charge in [-0.25, -0.2) is 0 Å². The number of hydrogen-bond donors (Lipinski definition) is 1. The molecule has 0 aliphatic rings. The third-order valence-electron chi connectivity index (χ3n) is 4.03. The normalized spacial score (nSPS) is 12.5. The van der Waals surface area contributed by atoms with Crippen LogP contribution in [0.2, 0.25) is 0 Å². The van der Waals surface area contributed by atoms with E-state index < -0.39 is 6.10 Å². The van der Waals surface area contributed by atoms with Crippen molar-refractivity contribution in [3.05, 3.63) is 54.1 Å². The van der Waals surface area contributed by atoms with E-state index in [9.17, 15) is 4.79 Å². The number of carbonyl (C=O) groups is 1. The van der Waals surface area contributed by atoms with Crippen LogP contribution in [-0.4, -0.2) is 18.3 Å². The molecule has 0 saturated heterocycles. The molecule has 0 bridgehead atoms. The molecule has 134 valence electrons. The third kappa shape index (κ3) is 5.27. The van der Waals surface area contributed by atoms with Crippen LogP contribution in [0.15, 0.2) is 53.4 Å². The Bertz CT molecular complexity index is 705. The van der Waals surface area contributed by atoms with Crippen molar-refractivity contribution < 1.29 is 9.53 Å². The molecule has 1 atom stereocenters. The van der Waals surface area contributed by atoms with Gasteiger partial charge >= 0.3 is 0 Å². The zero-order valence-corrected chi connectivity index (χ0v) is 16.4. The van der Waals surface area contributed by atoms with Crippen molar-refractivity contribution in [1.82, 2.24) is 0 Å². The highest BCUT2D eigenvalue weighted by molar-refractivity contribution is 7.98. The van der Waals surface area contributed by atoms with Crippen molar-refractivity contribution >= 4 is 23.4 Å². The molecule has 3 nitrogen and oxygen atoms in total. The largest absolute Gasteiger partial charge is 0.481 e. The highest BCUT2D eigenvalue weighted by Gasteiger charge is 2.20. The van der Waals surface area contributed by atoms with Crippen LogP contribution in [0.3, 0.4) is 0 Å². The number of ether oxygens (including phenoxy) is 1. The molecule has 4 heteroatoms. The molecule has 0 fully saturated rings. The molecule has 2 aromatic rings. The lowest BCUT2D eigenvalue weighted by atomic mass is 9.87. The Kier molecular flexibility index (Phi) is 6.54. The zero-order chi connectivity index (χ0) is 18.4. The van der Waals surface area contributed by atoms with Gasteiger partial charge in [0, 0.05) is 4.90 Å². The summed E-state index contributed by atoms with van der Waals surface area (Å²) in [5, 5.41) is 2.98. The standard InChI is InChI=1S/C21H27NO2S/c1-6-18(20(23)22-17-9-7-8-10-19(17)25-5)24-16-13-11-15(12-14-16)21(2,3)4/h7-14,18H,6H2,1-5H3,(H,22,23)/t18-/m1/s1. The summed E-state index contributed by atoms with van der Waals surface area (Å²) in [6, 6.07) is 15.8. The monoisotopic (exact) mass is 357 g/mol. The van der Waals surface area contributed by atoms with Gasteiger partial charge in [-0.2, -0.15) is 0 Å². The Hall–Kier alpha value is -1.94. The number of rotatable bonds is 6. The van der Waals surface area contributed by atoms with Crippen LogP contribution in [0.5, 0.6) is 5.75 Å². The number of anilines is 1. The number of hydrogen-bond acceptors (Lipinski definition) is 3. The fraction of sp³-hybridized carbons (Fsp3) is 0.381. The Morgan fingerprint density at radius 3 is 2.32 bits per heavy atom. The van der Waals surface area contributed by atoms with Crippen LogP contribution in [0.1, 0.15) is 39.7 Å². The van der Waals surface area contributed by atoms with Gasteiger partial charge in [0.15, 0.2) is 6.10 Å². The minimum absolute atomic E-state index is 0.0988. The summed E-state index contributed by atoms with van der Waals surface area (Å²) in [5.41, 5.74) is 2.16. The van der Waals surface area contributed by atoms with Crippen molar-refractivity contribution in [2.24, 2.45) is 0 Å². The summed E-state index contributed by atoms with van der Waals surface area (Å²) >= 11 is 1.61. The molecule has 0 spiro atoms. The van der Waals surface area contributed by atoms with E-state index in [4.69, 9.17) is 4.74 Å². The second-order valence-electron chi connectivity index (χ2n) is 6.98. The van der Waals surface area contributed by atoms with Gasteiger partial charge in [-0.3, -0.25) is 4.79 Å². The van der Waals surface area contributed by atoms with E-state index in [1.54, 1.807) is 11.8 Å². The summed E-state index contributed by atoms with van der Waals surface area (Å²) in [6.45, 7) is 8.48. The van der Waals surface area contributed by atoms with Crippen LogP contribution in [0.4, 0.5) is 5.69 Å². The number of thioether (sulfide) groups is 1. The van der Waals surface area contributed by atoms with Crippen LogP contribution in [0.25, 0.3) is 0 Å². The van der Waals surface area contributed by atoms with Crippen molar-refractivity contribution in [2.75, 3.05) is 11.6 Å². The van der Waals surface area contributed by atoms with Gasteiger partial charge in [-0.15, -0.1) is 11.8 Å². The Morgan fingerprint density at radius 2 is 1.76 bits per heavy atom. The molecule has 0 radical (unpaired) electrons. The molecule has 0 aliphatic heterocycles. The van der Waals surface area contributed by atoms with Crippen molar-refractivity contribution in [1.29, 1.82) is 0 Å². The lowest BCUT2D eigenvalue weighted by molar-refractivity contribution is -0.122. The third-order valence-corrected chi connectivity index (χ3v) is 4.82. The van der Waals surface area contributed by atoms with Gasteiger partial charge in [-0.05, 0) is 47.9 Å². The fourth-order valence-electron chi connectivity index (χ4n) is 2.48. The summed E-state index contributed by atoms with van der Waals surface area (Å²) in [6.07, 6.45) is 2.08. The highest BCUT2D eigenvalue weighted by atomic mass is 32.2. The summed E-state index contributed by atoms with van der Waals surface area (Å²) in [7, 11) is 0. The number of para-hydroxylation sites is 1. The maximum atomic E-state index is 12.6. The summed E-state index contributed by atoms with van der Waals surface area (Å²) < 4.78 is 5.92. The SMILES string of the molecule is CC[C@@H](Oc1ccc(C(C)(C)C)cc1)C(=O)Nc1ccccc1SC. The molecule has 2 aromatic carbocycles. The summed E-state index contributed by atoms with van der Waals surface area (Å²) in [4.78, 5) is 13.6. The van der Waals surface area contributed by atoms with Crippen molar-refractivity contribution in [3.8, 4) is 5.75 Å². The molecule has 25 heavy (non-hydrogen) atoms. The molecular formula is C21H27NO2S. The molecule has 0 saturated carbocycles. The molecule has 0 unspecified atom stereocenters.